The second kappa shape index (κ2) is 5.26. The zero-order valence-electron chi connectivity index (χ0n) is 11.9. The van der Waals surface area contributed by atoms with E-state index in [0.29, 0.717) is 0 Å². The molecular formula is C14H19FN2O3. The van der Waals surface area contributed by atoms with Crippen LogP contribution in [0.3, 0.4) is 0 Å². The summed E-state index contributed by atoms with van der Waals surface area (Å²) in [6.07, 6.45) is 3.14. The minimum Gasteiger partial charge on any atom is -0.490 e. The molecule has 0 bridgehead atoms. The van der Waals surface area contributed by atoms with Crippen LogP contribution in [0.15, 0.2) is 12.1 Å². The lowest BCUT2D eigenvalue weighted by molar-refractivity contribution is -0.385. The number of nitro groups is 1. The molecule has 1 atom stereocenters. The van der Waals surface area contributed by atoms with E-state index in [1.807, 2.05) is 0 Å². The molecule has 0 heterocycles. The SMILES string of the molecule is COc1cc(NC2CCCC2(C)C)c(F)cc1[N+](=O)[O-]. The summed E-state index contributed by atoms with van der Waals surface area (Å²) in [6, 6.07) is 2.42. The van der Waals surface area contributed by atoms with Crippen LogP contribution in [-0.4, -0.2) is 18.1 Å². The maximum atomic E-state index is 14.0. The Bertz CT molecular complexity index is 531. The third kappa shape index (κ3) is 2.69. The van der Waals surface area contributed by atoms with E-state index in [-0.39, 0.29) is 28.6 Å². The minimum absolute atomic E-state index is 0.0645. The first kappa shape index (κ1) is 14.6. The number of methoxy groups -OCH3 is 1. The Balaban J connectivity index is 2.31. The van der Waals surface area contributed by atoms with Crippen LogP contribution in [0.2, 0.25) is 0 Å². The Labute approximate surface area is 117 Å². The van der Waals surface area contributed by atoms with Gasteiger partial charge in [0.05, 0.1) is 23.8 Å². The molecular weight excluding hydrogens is 263 g/mol. The van der Waals surface area contributed by atoms with Crippen molar-refractivity contribution in [2.24, 2.45) is 5.41 Å². The van der Waals surface area contributed by atoms with Gasteiger partial charge in [0.25, 0.3) is 0 Å². The fourth-order valence-corrected chi connectivity index (χ4v) is 2.74. The summed E-state index contributed by atoms with van der Waals surface area (Å²) in [4.78, 5) is 10.2. The van der Waals surface area contributed by atoms with Crippen LogP contribution in [0.5, 0.6) is 5.75 Å². The standard InChI is InChI=1S/C14H19FN2O3/c1-14(2)6-4-5-13(14)16-10-8-12(20-3)11(17(18)19)7-9(10)15/h7-8,13,16H,4-6H2,1-3H3. The van der Waals surface area contributed by atoms with Crippen molar-refractivity contribution in [3.63, 3.8) is 0 Å². The van der Waals surface area contributed by atoms with Crippen LogP contribution in [0, 0.1) is 21.3 Å². The van der Waals surface area contributed by atoms with Crippen molar-refractivity contribution in [3.8, 4) is 5.75 Å². The smallest absolute Gasteiger partial charge is 0.313 e. The number of anilines is 1. The summed E-state index contributed by atoms with van der Waals surface area (Å²) < 4.78 is 19.0. The van der Waals surface area contributed by atoms with Crippen LogP contribution in [0.25, 0.3) is 0 Å². The average molecular weight is 282 g/mol. The molecule has 1 aromatic rings. The average Bonchev–Trinajstić information content (AvgIpc) is 2.70. The number of rotatable bonds is 4. The lowest BCUT2D eigenvalue weighted by Crippen LogP contribution is -2.31. The van der Waals surface area contributed by atoms with Crippen LogP contribution in [0.4, 0.5) is 15.8 Å². The molecule has 110 valence electrons. The number of nitro benzene ring substituents is 1. The van der Waals surface area contributed by atoms with Gasteiger partial charge >= 0.3 is 5.69 Å². The second-order valence-electron chi connectivity index (χ2n) is 5.84. The zero-order chi connectivity index (χ0) is 14.9. The highest BCUT2D eigenvalue weighted by Crippen LogP contribution is 2.40. The highest BCUT2D eigenvalue weighted by molar-refractivity contribution is 5.59. The fourth-order valence-electron chi connectivity index (χ4n) is 2.74. The van der Waals surface area contributed by atoms with E-state index in [9.17, 15) is 14.5 Å². The van der Waals surface area contributed by atoms with Crippen molar-refractivity contribution in [2.75, 3.05) is 12.4 Å². The van der Waals surface area contributed by atoms with Gasteiger partial charge in [0.15, 0.2) is 11.6 Å². The van der Waals surface area contributed by atoms with Crippen LogP contribution >= 0.6 is 0 Å². The molecule has 20 heavy (non-hydrogen) atoms. The van der Waals surface area contributed by atoms with Gasteiger partial charge in [-0.3, -0.25) is 10.1 Å². The van der Waals surface area contributed by atoms with E-state index in [2.05, 4.69) is 19.2 Å². The largest absolute Gasteiger partial charge is 0.490 e. The quantitative estimate of drug-likeness (QED) is 0.675. The van der Waals surface area contributed by atoms with Crippen LogP contribution < -0.4 is 10.1 Å². The van der Waals surface area contributed by atoms with Crippen LogP contribution in [0.1, 0.15) is 33.1 Å². The minimum atomic E-state index is -0.648. The normalized spacial score (nSPS) is 20.7. The van der Waals surface area contributed by atoms with E-state index >= 15 is 0 Å². The number of ether oxygens (including phenoxy) is 1. The molecule has 0 radical (unpaired) electrons. The summed E-state index contributed by atoms with van der Waals surface area (Å²) in [7, 11) is 1.34. The summed E-state index contributed by atoms with van der Waals surface area (Å²) in [5, 5.41) is 14.0. The van der Waals surface area contributed by atoms with E-state index < -0.39 is 10.7 Å². The first-order chi connectivity index (χ1) is 9.35. The number of hydrogen-bond donors (Lipinski definition) is 1. The predicted molar refractivity (Wildman–Crippen MR) is 74.6 cm³/mol. The Kier molecular flexibility index (Phi) is 3.83. The molecule has 0 saturated heterocycles. The van der Waals surface area contributed by atoms with Gasteiger partial charge in [-0.2, -0.15) is 0 Å². The highest BCUT2D eigenvalue weighted by atomic mass is 19.1. The molecule has 0 aliphatic heterocycles. The topological polar surface area (TPSA) is 64.4 Å². The Hall–Kier alpha value is -1.85. The lowest BCUT2D eigenvalue weighted by atomic mass is 9.87. The van der Waals surface area contributed by atoms with Gasteiger partial charge in [0.1, 0.15) is 0 Å². The lowest BCUT2D eigenvalue weighted by Gasteiger charge is -2.29. The third-order valence-electron chi connectivity index (χ3n) is 4.05. The molecule has 1 aliphatic carbocycles. The molecule has 1 aromatic carbocycles. The molecule has 6 heteroatoms. The van der Waals surface area contributed by atoms with Gasteiger partial charge in [-0.05, 0) is 18.3 Å². The molecule has 1 fully saturated rings. The van der Waals surface area contributed by atoms with E-state index in [0.717, 1.165) is 25.3 Å². The van der Waals surface area contributed by atoms with Crippen LogP contribution in [-0.2, 0) is 0 Å². The molecule has 0 spiro atoms. The maximum absolute atomic E-state index is 14.0. The second-order valence-corrected chi connectivity index (χ2v) is 5.84. The number of halogens is 1. The molecule has 0 amide bonds. The summed E-state index contributed by atoms with van der Waals surface area (Å²) >= 11 is 0. The van der Waals surface area contributed by atoms with Crippen molar-refractivity contribution in [1.82, 2.24) is 0 Å². The Morgan fingerprint density at radius 2 is 2.20 bits per heavy atom. The monoisotopic (exact) mass is 282 g/mol. The van der Waals surface area contributed by atoms with Gasteiger partial charge in [-0.1, -0.05) is 20.3 Å². The molecule has 1 saturated carbocycles. The van der Waals surface area contributed by atoms with E-state index in [4.69, 9.17) is 4.74 Å². The number of nitrogens with one attached hydrogen (secondary N) is 1. The predicted octanol–water partition coefficient (Wildman–Crippen LogP) is 3.73. The molecule has 0 aromatic heterocycles. The molecule has 1 aliphatic rings. The summed E-state index contributed by atoms with van der Waals surface area (Å²) in [5.74, 6) is -0.560. The van der Waals surface area contributed by atoms with Crippen molar-refractivity contribution in [1.29, 1.82) is 0 Å². The van der Waals surface area contributed by atoms with Crippen molar-refractivity contribution in [3.05, 3.63) is 28.1 Å². The van der Waals surface area contributed by atoms with E-state index in [1.54, 1.807) is 0 Å². The number of nitrogens with zero attached hydrogens (tertiary/aromatic N) is 1. The van der Waals surface area contributed by atoms with Gasteiger partial charge in [-0.25, -0.2) is 4.39 Å². The van der Waals surface area contributed by atoms with Gasteiger partial charge in [0, 0.05) is 12.1 Å². The maximum Gasteiger partial charge on any atom is 0.313 e. The molecule has 1 N–H and O–H groups in total. The van der Waals surface area contributed by atoms with Crippen molar-refractivity contribution in [2.45, 2.75) is 39.2 Å². The summed E-state index contributed by atoms with van der Waals surface area (Å²) in [5.41, 5.74) is -0.0183. The fraction of sp³-hybridized carbons (Fsp3) is 0.571. The Morgan fingerprint density at radius 3 is 2.70 bits per heavy atom. The van der Waals surface area contributed by atoms with E-state index in [1.165, 1.54) is 13.2 Å². The number of hydrogen-bond acceptors (Lipinski definition) is 4. The van der Waals surface area contributed by atoms with Gasteiger partial charge in [-0.15, -0.1) is 0 Å². The van der Waals surface area contributed by atoms with Gasteiger partial charge < -0.3 is 10.1 Å². The highest BCUT2D eigenvalue weighted by Gasteiger charge is 2.35. The first-order valence-corrected chi connectivity index (χ1v) is 6.63. The molecule has 2 rings (SSSR count). The van der Waals surface area contributed by atoms with Gasteiger partial charge in [0.2, 0.25) is 0 Å². The summed E-state index contributed by atoms with van der Waals surface area (Å²) in [6.45, 7) is 4.27. The number of benzene rings is 1. The first-order valence-electron chi connectivity index (χ1n) is 6.63. The van der Waals surface area contributed by atoms with Crippen molar-refractivity contribution >= 4 is 11.4 Å². The molecule has 5 nitrogen and oxygen atoms in total. The Morgan fingerprint density at radius 1 is 1.50 bits per heavy atom. The third-order valence-corrected chi connectivity index (χ3v) is 4.05. The van der Waals surface area contributed by atoms with Crippen molar-refractivity contribution < 1.29 is 14.1 Å². The molecule has 1 unspecified atom stereocenters. The zero-order valence-corrected chi connectivity index (χ0v) is 11.9.